The van der Waals surface area contributed by atoms with Crippen LogP contribution in [-0.4, -0.2) is 23.1 Å². The van der Waals surface area contributed by atoms with Crippen LogP contribution in [0.25, 0.3) is 11.0 Å². The second kappa shape index (κ2) is 4.80. The van der Waals surface area contributed by atoms with Gasteiger partial charge in [-0.1, -0.05) is 6.92 Å². The lowest BCUT2D eigenvalue weighted by Gasteiger charge is -2.31. The van der Waals surface area contributed by atoms with Crippen molar-refractivity contribution in [1.82, 2.24) is 9.97 Å². The van der Waals surface area contributed by atoms with Crippen LogP contribution in [0.4, 0.5) is 5.82 Å². The molecule has 1 saturated heterocycles. The molecule has 3 heterocycles. The first-order chi connectivity index (χ1) is 9.13. The molecule has 3 heteroatoms. The van der Waals surface area contributed by atoms with E-state index in [2.05, 4.69) is 41.9 Å². The fourth-order valence-electron chi connectivity index (χ4n) is 3.00. The van der Waals surface area contributed by atoms with Gasteiger partial charge in [0.15, 0.2) is 5.65 Å². The van der Waals surface area contributed by atoms with Gasteiger partial charge in [0.2, 0.25) is 0 Å². The number of aromatic nitrogens is 2. The molecule has 100 valence electrons. The fourth-order valence-corrected chi connectivity index (χ4v) is 3.00. The van der Waals surface area contributed by atoms with E-state index in [0.29, 0.717) is 0 Å². The molecule has 1 unspecified atom stereocenters. The lowest BCUT2D eigenvalue weighted by molar-refractivity contribution is 0.445. The standard InChI is InChI=1S/C16H21N3/c1-11-5-4-8-19(10-11)15-7-6-14-12(2)9-13(3)17-16(14)18-15/h6-7,9,11H,4-5,8,10H2,1-3H3. The zero-order valence-corrected chi connectivity index (χ0v) is 12.0. The van der Waals surface area contributed by atoms with Gasteiger partial charge in [0.25, 0.3) is 0 Å². The molecule has 19 heavy (non-hydrogen) atoms. The van der Waals surface area contributed by atoms with Crippen LogP contribution in [0.3, 0.4) is 0 Å². The maximum absolute atomic E-state index is 4.77. The molecule has 1 fully saturated rings. The quantitative estimate of drug-likeness (QED) is 0.781. The van der Waals surface area contributed by atoms with E-state index in [4.69, 9.17) is 4.98 Å². The van der Waals surface area contributed by atoms with Crippen molar-refractivity contribution in [3.63, 3.8) is 0 Å². The van der Waals surface area contributed by atoms with Crippen molar-refractivity contribution < 1.29 is 0 Å². The van der Waals surface area contributed by atoms with E-state index in [0.717, 1.165) is 36.2 Å². The highest BCUT2D eigenvalue weighted by Gasteiger charge is 2.18. The molecular formula is C16H21N3. The highest BCUT2D eigenvalue weighted by molar-refractivity contribution is 5.80. The molecule has 0 radical (unpaired) electrons. The van der Waals surface area contributed by atoms with Gasteiger partial charge in [-0.05, 0) is 56.4 Å². The van der Waals surface area contributed by atoms with Gasteiger partial charge in [-0.2, -0.15) is 0 Å². The summed E-state index contributed by atoms with van der Waals surface area (Å²) in [7, 11) is 0. The Kier molecular flexibility index (Phi) is 3.13. The monoisotopic (exact) mass is 255 g/mol. The number of piperidine rings is 1. The summed E-state index contributed by atoms with van der Waals surface area (Å²) in [5, 5.41) is 1.17. The zero-order chi connectivity index (χ0) is 13.4. The predicted octanol–water partition coefficient (Wildman–Crippen LogP) is 3.48. The Labute approximate surface area is 114 Å². The highest BCUT2D eigenvalue weighted by atomic mass is 15.2. The Bertz CT molecular complexity index is 606. The zero-order valence-electron chi connectivity index (χ0n) is 12.0. The van der Waals surface area contributed by atoms with Crippen molar-refractivity contribution in [2.45, 2.75) is 33.6 Å². The summed E-state index contributed by atoms with van der Waals surface area (Å²) in [5.41, 5.74) is 3.18. The van der Waals surface area contributed by atoms with Crippen molar-refractivity contribution in [2.75, 3.05) is 18.0 Å². The Balaban J connectivity index is 2.01. The van der Waals surface area contributed by atoms with Gasteiger partial charge in [-0.15, -0.1) is 0 Å². The summed E-state index contributed by atoms with van der Waals surface area (Å²) in [4.78, 5) is 11.7. The molecule has 1 atom stereocenters. The first-order valence-electron chi connectivity index (χ1n) is 7.13. The molecule has 2 aromatic rings. The first-order valence-corrected chi connectivity index (χ1v) is 7.13. The largest absolute Gasteiger partial charge is 0.356 e. The molecule has 0 bridgehead atoms. The third-order valence-corrected chi connectivity index (χ3v) is 3.97. The Morgan fingerprint density at radius 2 is 2.05 bits per heavy atom. The summed E-state index contributed by atoms with van der Waals surface area (Å²) in [5.74, 6) is 1.84. The van der Waals surface area contributed by atoms with E-state index in [1.54, 1.807) is 0 Å². The summed E-state index contributed by atoms with van der Waals surface area (Å²) >= 11 is 0. The average Bonchev–Trinajstić information content (AvgIpc) is 2.37. The molecule has 3 rings (SSSR count). The molecule has 0 aromatic carbocycles. The van der Waals surface area contributed by atoms with Gasteiger partial charge in [0, 0.05) is 24.2 Å². The Morgan fingerprint density at radius 1 is 1.21 bits per heavy atom. The van der Waals surface area contributed by atoms with Crippen LogP contribution in [0.15, 0.2) is 18.2 Å². The molecule has 0 amide bonds. The van der Waals surface area contributed by atoms with Crippen LogP contribution in [0.2, 0.25) is 0 Å². The van der Waals surface area contributed by atoms with Crippen molar-refractivity contribution in [2.24, 2.45) is 5.92 Å². The molecule has 3 nitrogen and oxygen atoms in total. The third-order valence-electron chi connectivity index (χ3n) is 3.97. The van der Waals surface area contributed by atoms with Crippen LogP contribution in [0.1, 0.15) is 31.0 Å². The number of hydrogen-bond donors (Lipinski definition) is 0. The number of nitrogens with zero attached hydrogens (tertiary/aromatic N) is 3. The minimum atomic E-state index is 0.762. The number of fused-ring (bicyclic) bond motifs is 1. The van der Waals surface area contributed by atoms with E-state index < -0.39 is 0 Å². The Morgan fingerprint density at radius 3 is 2.84 bits per heavy atom. The molecular weight excluding hydrogens is 234 g/mol. The lowest BCUT2D eigenvalue weighted by atomic mass is 10.0. The molecule has 1 aliphatic heterocycles. The minimum Gasteiger partial charge on any atom is -0.356 e. The molecule has 0 N–H and O–H groups in total. The van der Waals surface area contributed by atoms with E-state index in [-0.39, 0.29) is 0 Å². The van der Waals surface area contributed by atoms with E-state index in [9.17, 15) is 0 Å². The summed E-state index contributed by atoms with van der Waals surface area (Å²) in [6, 6.07) is 6.43. The van der Waals surface area contributed by atoms with Crippen LogP contribution in [-0.2, 0) is 0 Å². The maximum atomic E-state index is 4.77. The number of rotatable bonds is 1. The number of pyridine rings is 2. The van der Waals surface area contributed by atoms with Crippen LogP contribution < -0.4 is 4.90 Å². The van der Waals surface area contributed by atoms with Gasteiger partial charge < -0.3 is 4.90 Å². The fraction of sp³-hybridized carbons (Fsp3) is 0.500. The molecule has 2 aromatic heterocycles. The lowest BCUT2D eigenvalue weighted by Crippen LogP contribution is -2.34. The van der Waals surface area contributed by atoms with Gasteiger partial charge >= 0.3 is 0 Å². The van der Waals surface area contributed by atoms with Gasteiger partial charge in [0.1, 0.15) is 5.82 Å². The average molecular weight is 255 g/mol. The normalized spacial score (nSPS) is 19.9. The van der Waals surface area contributed by atoms with Crippen LogP contribution >= 0.6 is 0 Å². The summed E-state index contributed by atoms with van der Waals surface area (Å²) in [6.45, 7) is 8.71. The second-order valence-electron chi connectivity index (χ2n) is 5.81. The minimum absolute atomic E-state index is 0.762. The predicted molar refractivity (Wildman–Crippen MR) is 79.6 cm³/mol. The van der Waals surface area contributed by atoms with Crippen LogP contribution in [0.5, 0.6) is 0 Å². The Hall–Kier alpha value is -1.64. The van der Waals surface area contributed by atoms with E-state index in [1.807, 2.05) is 6.92 Å². The molecule has 0 aliphatic carbocycles. The third kappa shape index (κ3) is 2.42. The number of aryl methyl sites for hydroxylation is 2. The van der Waals surface area contributed by atoms with Crippen molar-refractivity contribution in [3.8, 4) is 0 Å². The van der Waals surface area contributed by atoms with E-state index >= 15 is 0 Å². The summed E-state index contributed by atoms with van der Waals surface area (Å²) < 4.78 is 0. The van der Waals surface area contributed by atoms with Crippen LogP contribution in [0, 0.1) is 19.8 Å². The van der Waals surface area contributed by atoms with Crippen molar-refractivity contribution >= 4 is 16.9 Å². The number of anilines is 1. The van der Waals surface area contributed by atoms with Gasteiger partial charge in [-0.25, -0.2) is 9.97 Å². The maximum Gasteiger partial charge on any atom is 0.162 e. The van der Waals surface area contributed by atoms with Gasteiger partial charge in [-0.3, -0.25) is 0 Å². The topological polar surface area (TPSA) is 29.0 Å². The number of hydrogen-bond acceptors (Lipinski definition) is 3. The van der Waals surface area contributed by atoms with E-state index in [1.165, 1.54) is 23.8 Å². The van der Waals surface area contributed by atoms with Crippen molar-refractivity contribution in [1.29, 1.82) is 0 Å². The highest BCUT2D eigenvalue weighted by Crippen LogP contribution is 2.24. The molecule has 0 saturated carbocycles. The SMILES string of the molecule is Cc1cc(C)c2ccc(N3CCCC(C)C3)nc2n1. The smallest absolute Gasteiger partial charge is 0.162 e. The second-order valence-corrected chi connectivity index (χ2v) is 5.81. The van der Waals surface area contributed by atoms with Crippen molar-refractivity contribution in [3.05, 3.63) is 29.5 Å². The molecule has 1 aliphatic rings. The first kappa shape index (κ1) is 12.4. The molecule has 0 spiro atoms. The van der Waals surface area contributed by atoms with Gasteiger partial charge in [0.05, 0.1) is 0 Å². The summed E-state index contributed by atoms with van der Waals surface area (Å²) in [6.07, 6.45) is 2.60.